The summed E-state index contributed by atoms with van der Waals surface area (Å²) in [6.45, 7) is 0.975. The first kappa shape index (κ1) is 13.2. The van der Waals surface area contributed by atoms with E-state index in [0.29, 0.717) is 12.0 Å². The zero-order chi connectivity index (χ0) is 11.2. The molecule has 0 spiro atoms. The molecular formula is C14H23ClN2. The lowest BCUT2D eigenvalue weighted by Gasteiger charge is -2.60. The third-order valence-corrected chi connectivity index (χ3v) is 5.37. The van der Waals surface area contributed by atoms with Gasteiger partial charge in [0.05, 0.1) is 6.07 Å². The van der Waals surface area contributed by atoms with Crippen molar-refractivity contribution in [1.82, 2.24) is 4.90 Å². The first-order valence-corrected chi connectivity index (χ1v) is 6.80. The summed E-state index contributed by atoms with van der Waals surface area (Å²) in [5.74, 6) is 3.03. The molecule has 0 aliphatic heterocycles. The Morgan fingerprint density at radius 3 is 2.00 bits per heavy atom. The van der Waals surface area contributed by atoms with Crippen LogP contribution in [0.25, 0.3) is 0 Å². The van der Waals surface area contributed by atoms with Crippen LogP contribution in [0.4, 0.5) is 0 Å². The van der Waals surface area contributed by atoms with Crippen molar-refractivity contribution >= 4 is 12.4 Å². The van der Waals surface area contributed by atoms with E-state index in [2.05, 4.69) is 18.0 Å². The van der Waals surface area contributed by atoms with Gasteiger partial charge < -0.3 is 0 Å². The van der Waals surface area contributed by atoms with Gasteiger partial charge in [0, 0.05) is 18.5 Å². The number of nitriles is 1. The minimum atomic E-state index is 0. The Balaban J connectivity index is 0.00000108. The van der Waals surface area contributed by atoms with Crippen molar-refractivity contribution in [3.63, 3.8) is 0 Å². The molecule has 0 radical (unpaired) electrons. The Morgan fingerprint density at radius 1 is 1.12 bits per heavy atom. The molecule has 4 rings (SSSR count). The van der Waals surface area contributed by atoms with Crippen LogP contribution in [0.3, 0.4) is 0 Å². The molecule has 4 saturated carbocycles. The second-order valence-electron chi connectivity index (χ2n) is 6.47. The quantitative estimate of drug-likeness (QED) is 0.773. The van der Waals surface area contributed by atoms with E-state index in [4.69, 9.17) is 5.26 Å². The number of rotatable bonds is 3. The molecule has 0 atom stereocenters. The van der Waals surface area contributed by atoms with Crippen LogP contribution in [0, 0.1) is 29.1 Å². The lowest BCUT2D eigenvalue weighted by atomic mass is 9.52. The van der Waals surface area contributed by atoms with Crippen LogP contribution in [0.15, 0.2) is 0 Å². The van der Waals surface area contributed by atoms with Gasteiger partial charge in [-0.1, -0.05) is 0 Å². The van der Waals surface area contributed by atoms with E-state index < -0.39 is 0 Å². The molecule has 2 nitrogen and oxygen atoms in total. The highest BCUT2D eigenvalue weighted by Gasteiger charge is 2.52. The highest BCUT2D eigenvalue weighted by molar-refractivity contribution is 5.85. The van der Waals surface area contributed by atoms with Gasteiger partial charge in [0.2, 0.25) is 0 Å². The predicted octanol–water partition coefficient (Wildman–Crippen LogP) is 3.22. The van der Waals surface area contributed by atoms with Crippen molar-refractivity contribution in [2.45, 2.75) is 50.5 Å². The van der Waals surface area contributed by atoms with E-state index >= 15 is 0 Å². The predicted molar refractivity (Wildman–Crippen MR) is 71.0 cm³/mol. The zero-order valence-electron chi connectivity index (χ0n) is 10.7. The van der Waals surface area contributed by atoms with E-state index in [0.717, 1.165) is 24.3 Å². The summed E-state index contributed by atoms with van der Waals surface area (Å²) in [5.41, 5.74) is 0.492. The van der Waals surface area contributed by atoms with Gasteiger partial charge in [0.15, 0.2) is 0 Å². The zero-order valence-corrected chi connectivity index (χ0v) is 11.5. The number of halogens is 1. The third-order valence-electron chi connectivity index (χ3n) is 5.37. The Hall–Kier alpha value is -0.260. The van der Waals surface area contributed by atoms with Gasteiger partial charge in [-0.05, 0) is 63.3 Å². The van der Waals surface area contributed by atoms with Crippen LogP contribution < -0.4 is 0 Å². The molecule has 0 saturated heterocycles. The molecule has 0 aromatic heterocycles. The van der Waals surface area contributed by atoms with E-state index in [1.165, 1.54) is 38.5 Å². The largest absolute Gasteiger partial charge is 0.300 e. The summed E-state index contributed by atoms with van der Waals surface area (Å²) in [6, 6.07) is 2.29. The summed E-state index contributed by atoms with van der Waals surface area (Å²) in [5, 5.41) is 8.72. The fraction of sp³-hybridized carbons (Fsp3) is 0.929. The summed E-state index contributed by atoms with van der Waals surface area (Å²) < 4.78 is 0. The second kappa shape index (κ2) is 4.78. The molecular weight excluding hydrogens is 232 g/mol. The molecule has 0 aromatic rings. The highest BCUT2D eigenvalue weighted by atomic mass is 35.5. The van der Waals surface area contributed by atoms with Crippen LogP contribution in [0.2, 0.25) is 0 Å². The van der Waals surface area contributed by atoms with Crippen LogP contribution in [-0.4, -0.2) is 24.0 Å². The maximum absolute atomic E-state index is 8.72. The van der Waals surface area contributed by atoms with Gasteiger partial charge in [-0.2, -0.15) is 5.26 Å². The van der Waals surface area contributed by atoms with E-state index in [1.807, 2.05) is 0 Å². The topological polar surface area (TPSA) is 27.0 Å². The molecule has 17 heavy (non-hydrogen) atoms. The molecule has 0 heterocycles. The van der Waals surface area contributed by atoms with E-state index in [9.17, 15) is 0 Å². The van der Waals surface area contributed by atoms with E-state index in [-0.39, 0.29) is 12.4 Å². The third kappa shape index (κ3) is 2.20. The van der Waals surface area contributed by atoms with Crippen LogP contribution in [0.5, 0.6) is 0 Å². The number of nitrogens with zero attached hydrogens (tertiary/aromatic N) is 2. The van der Waals surface area contributed by atoms with Crippen LogP contribution in [0.1, 0.15) is 44.9 Å². The standard InChI is InChI=1S/C14H22N2.ClH/c1-16(4-2-3-15)14-8-11-5-12(9-14)7-13(6-11)10-14;/h11-13H,2,4-10H2,1H3;1H. The van der Waals surface area contributed by atoms with Crippen molar-refractivity contribution in [2.24, 2.45) is 17.8 Å². The normalized spacial score (nSPS) is 42.3. The molecule has 0 amide bonds. The average Bonchev–Trinajstić information content (AvgIpc) is 2.24. The smallest absolute Gasteiger partial charge is 0.0635 e. The average molecular weight is 255 g/mol. The lowest BCUT2D eigenvalue weighted by Crippen LogP contribution is -2.58. The molecule has 4 aliphatic rings. The van der Waals surface area contributed by atoms with Gasteiger partial charge in [0.1, 0.15) is 0 Å². The molecule has 0 unspecified atom stereocenters. The summed E-state index contributed by atoms with van der Waals surface area (Å²) in [4.78, 5) is 2.53. The summed E-state index contributed by atoms with van der Waals surface area (Å²) >= 11 is 0. The number of hydrogen-bond acceptors (Lipinski definition) is 2. The van der Waals surface area contributed by atoms with Crippen LogP contribution >= 0.6 is 12.4 Å². The summed E-state index contributed by atoms with van der Waals surface area (Å²) in [6.07, 6.45) is 9.46. The molecule has 3 heteroatoms. The maximum Gasteiger partial charge on any atom is 0.0635 e. The molecule has 0 N–H and O–H groups in total. The Morgan fingerprint density at radius 2 is 1.59 bits per heavy atom. The minimum absolute atomic E-state index is 0. The Labute approximate surface area is 111 Å². The van der Waals surface area contributed by atoms with E-state index in [1.54, 1.807) is 0 Å². The fourth-order valence-corrected chi connectivity index (χ4v) is 4.99. The second-order valence-corrected chi connectivity index (χ2v) is 6.47. The molecule has 4 bridgehead atoms. The van der Waals surface area contributed by atoms with Gasteiger partial charge in [0.25, 0.3) is 0 Å². The van der Waals surface area contributed by atoms with Crippen molar-refractivity contribution in [3.8, 4) is 6.07 Å². The van der Waals surface area contributed by atoms with Crippen molar-refractivity contribution in [1.29, 1.82) is 5.26 Å². The molecule has 0 aromatic carbocycles. The highest BCUT2D eigenvalue weighted by Crippen LogP contribution is 2.57. The van der Waals surface area contributed by atoms with Crippen LogP contribution in [-0.2, 0) is 0 Å². The summed E-state index contributed by atoms with van der Waals surface area (Å²) in [7, 11) is 2.25. The molecule has 96 valence electrons. The van der Waals surface area contributed by atoms with Gasteiger partial charge in [-0.3, -0.25) is 4.90 Å². The monoisotopic (exact) mass is 254 g/mol. The Kier molecular flexibility index (Phi) is 3.71. The minimum Gasteiger partial charge on any atom is -0.300 e. The fourth-order valence-electron chi connectivity index (χ4n) is 4.99. The van der Waals surface area contributed by atoms with Crippen molar-refractivity contribution in [3.05, 3.63) is 0 Å². The first-order chi connectivity index (χ1) is 7.72. The van der Waals surface area contributed by atoms with Crippen molar-refractivity contribution < 1.29 is 0 Å². The van der Waals surface area contributed by atoms with Gasteiger partial charge in [-0.25, -0.2) is 0 Å². The lowest BCUT2D eigenvalue weighted by molar-refractivity contribution is -0.0782. The number of hydrogen-bond donors (Lipinski definition) is 0. The van der Waals surface area contributed by atoms with Gasteiger partial charge in [-0.15, -0.1) is 12.4 Å². The molecule has 4 fully saturated rings. The molecule has 4 aliphatic carbocycles. The Bertz CT molecular complexity index is 285. The first-order valence-electron chi connectivity index (χ1n) is 6.80. The SMILES string of the molecule is CN(CCC#N)C12CC3CC(CC(C3)C1)C2.Cl. The van der Waals surface area contributed by atoms with Crippen molar-refractivity contribution in [2.75, 3.05) is 13.6 Å². The maximum atomic E-state index is 8.72. The van der Waals surface area contributed by atoms with Gasteiger partial charge >= 0.3 is 0 Å².